The summed E-state index contributed by atoms with van der Waals surface area (Å²) in [6.45, 7) is 0. The molecule has 3 aromatic rings. The van der Waals surface area contributed by atoms with Gasteiger partial charge in [0, 0.05) is 31.0 Å². The largest absolute Gasteiger partial charge is 0.398 e. The van der Waals surface area contributed by atoms with E-state index < -0.39 is 0 Å². The van der Waals surface area contributed by atoms with E-state index in [2.05, 4.69) is 0 Å². The fourth-order valence-electron chi connectivity index (χ4n) is 2.09. The summed E-state index contributed by atoms with van der Waals surface area (Å²) in [6, 6.07) is 21.6. The molecule has 0 fully saturated rings. The maximum absolute atomic E-state index is 6.36. The number of anilines is 3. The lowest BCUT2D eigenvalue weighted by Crippen LogP contribution is -1.94. The second-order valence-electron chi connectivity index (χ2n) is 4.95. The molecule has 0 unspecified atom stereocenters. The topological polar surface area (TPSA) is 78.1 Å². The molecule has 0 aliphatic heterocycles. The van der Waals surface area contributed by atoms with Crippen molar-refractivity contribution < 1.29 is 0 Å². The van der Waals surface area contributed by atoms with Crippen molar-refractivity contribution >= 4 is 40.6 Å². The standard InChI is InChI=1S/C18H17N3S2/c19-12-6-1-3-8-14(12)22-16-10-5-11-17(18(16)21)23-15-9-4-2-7-13(15)20/h1-11H,19-21H2. The van der Waals surface area contributed by atoms with E-state index in [1.807, 2.05) is 66.7 Å². The summed E-state index contributed by atoms with van der Waals surface area (Å²) in [6.07, 6.45) is 0. The number of nitrogen functional groups attached to an aromatic ring is 3. The van der Waals surface area contributed by atoms with Gasteiger partial charge in [0.25, 0.3) is 0 Å². The molecule has 116 valence electrons. The van der Waals surface area contributed by atoms with Crippen LogP contribution in [0.3, 0.4) is 0 Å². The number of hydrogen-bond acceptors (Lipinski definition) is 5. The highest BCUT2D eigenvalue weighted by Crippen LogP contribution is 2.42. The van der Waals surface area contributed by atoms with Crippen LogP contribution >= 0.6 is 23.5 Å². The van der Waals surface area contributed by atoms with Gasteiger partial charge in [0.05, 0.1) is 5.69 Å². The molecule has 3 nitrogen and oxygen atoms in total. The van der Waals surface area contributed by atoms with Crippen molar-refractivity contribution in [1.82, 2.24) is 0 Å². The highest BCUT2D eigenvalue weighted by atomic mass is 32.2. The van der Waals surface area contributed by atoms with Gasteiger partial charge in [-0.1, -0.05) is 53.9 Å². The molecule has 0 spiro atoms. The third kappa shape index (κ3) is 3.57. The Labute approximate surface area is 144 Å². The molecule has 5 heteroatoms. The Morgan fingerprint density at radius 3 is 1.30 bits per heavy atom. The number of nitrogens with two attached hydrogens (primary N) is 3. The Morgan fingerprint density at radius 1 is 0.478 bits per heavy atom. The SMILES string of the molecule is Nc1ccccc1Sc1cccc(Sc2ccccc2N)c1N. The highest BCUT2D eigenvalue weighted by Gasteiger charge is 2.10. The molecule has 0 heterocycles. The molecule has 3 aromatic carbocycles. The maximum Gasteiger partial charge on any atom is 0.0597 e. The van der Waals surface area contributed by atoms with Gasteiger partial charge in [0.1, 0.15) is 0 Å². The van der Waals surface area contributed by atoms with Gasteiger partial charge in [0.15, 0.2) is 0 Å². The van der Waals surface area contributed by atoms with Gasteiger partial charge >= 0.3 is 0 Å². The van der Waals surface area contributed by atoms with E-state index in [1.165, 1.54) is 0 Å². The van der Waals surface area contributed by atoms with Crippen LogP contribution in [-0.4, -0.2) is 0 Å². The Kier molecular flexibility index (Phi) is 4.69. The van der Waals surface area contributed by atoms with Crippen LogP contribution < -0.4 is 17.2 Å². The second kappa shape index (κ2) is 6.89. The minimum Gasteiger partial charge on any atom is -0.398 e. The van der Waals surface area contributed by atoms with Crippen molar-refractivity contribution in [3.05, 3.63) is 66.7 Å². The van der Waals surface area contributed by atoms with E-state index in [0.717, 1.165) is 36.6 Å². The fourth-order valence-corrected chi connectivity index (χ4v) is 4.02. The maximum atomic E-state index is 6.36. The molecule has 0 radical (unpaired) electrons. The first-order chi connectivity index (χ1) is 11.1. The van der Waals surface area contributed by atoms with E-state index in [0.29, 0.717) is 0 Å². The summed E-state index contributed by atoms with van der Waals surface area (Å²) in [5, 5.41) is 0. The smallest absolute Gasteiger partial charge is 0.0597 e. The van der Waals surface area contributed by atoms with E-state index in [4.69, 9.17) is 17.2 Å². The molecule has 3 rings (SSSR count). The molecule has 0 saturated heterocycles. The van der Waals surface area contributed by atoms with Crippen molar-refractivity contribution in [2.75, 3.05) is 17.2 Å². The fraction of sp³-hybridized carbons (Fsp3) is 0. The minimum atomic E-state index is 0.744. The number of para-hydroxylation sites is 3. The quantitative estimate of drug-likeness (QED) is 0.599. The van der Waals surface area contributed by atoms with Crippen molar-refractivity contribution in [3.8, 4) is 0 Å². The molecule has 23 heavy (non-hydrogen) atoms. The van der Waals surface area contributed by atoms with Crippen LogP contribution in [0.2, 0.25) is 0 Å². The van der Waals surface area contributed by atoms with Crippen molar-refractivity contribution in [3.63, 3.8) is 0 Å². The van der Waals surface area contributed by atoms with Gasteiger partial charge in [0.2, 0.25) is 0 Å². The Morgan fingerprint density at radius 2 is 0.870 bits per heavy atom. The van der Waals surface area contributed by atoms with Crippen molar-refractivity contribution in [1.29, 1.82) is 0 Å². The molecule has 0 saturated carbocycles. The van der Waals surface area contributed by atoms with Crippen LogP contribution in [0.1, 0.15) is 0 Å². The molecule has 0 bridgehead atoms. The number of rotatable bonds is 4. The molecular weight excluding hydrogens is 322 g/mol. The average Bonchev–Trinajstić information content (AvgIpc) is 2.55. The highest BCUT2D eigenvalue weighted by molar-refractivity contribution is 8.00. The van der Waals surface area contributed by atoms with Crippen LogP contribution in [0.4, 0.5) is 17.1 Å². The zero-order chi connectivity index (χ0) is 16.2. The second-order valence-corrected chi connectivity index (χ2v) is 7.12. The third-order valence-electron chi connectivity index (χ3n) is 3.30. The van der Waals surface area contributed by atoms with Crippen LogP contribution in [0, 0.1) is 0 Å². The average molecular weight is 339 g/mol. The van der Waals surface area contributed by atoms with E-state index >= 15 is 0 Å². The first-order valence-electron chi connectivity index (χ1n) is 7.08. The summed E-state index contributed by atoms with van der Waals surface area (Å²) < 4.78 is 0. The third-order valence-corrected chi connectivity index (χ3v) is 5.64. The number of hydrogen-bond donors (Lipinski definition) is 3. The molecule has 6 N–H and O–H groups in total. The first kappa shape index (κ1) is 15.6. The van der Waals surface area contributed by atoms with Gasteiger partial charge in [-0.25, -0.2) is 0 Å². The zero-order valence-electron chi connectivity index (χ0n) is 12.4. The Balaban J connectivity index is 1.90. The molecule has 0 amide bonds. The Bertz CT molecular complexity index is 768. The van der Waals surface area contributed by atoms with Gasteiger partial charge in [-0.3, -0.25) is 0 Å². The lowest BCUT2D eigenvalue weighted by atomic mass is 10.3. The lowest BCUT2D eigenvalue weighted by molar-refractivity contribution is 1.32. The van der Waals surface area contributed by atoms with Crippen molar-refractivity contribution in [2.24, 2.45) is 0 Å². The molecule has 0 aliphatic rings. The summed E-state index contributed by atoms with van der Waals surface area (Å²) >= 11 is 3.15. The van der Waals surface area contributed by atoms with Crippen LogP contribution in [0.5, 0.6) is 0 Å². The molecule has 0 atom stereocenters. The van der Waals surface area contributed by atoms with Gasteiger partial charge in [-0.15, -0.1) is 0 Å². The predicted octanol–water partition coefficient (Wildman–Crippen LogP) is 4.74. The lowest BCUT2D eigenvalue weighted by Gasteiger charge is -2.12. The first-order valence-corrected chi connectivity index (χ1v) is 8.71. The zero-order valence-corrected chi connectivity index (χ0v) is 14.0. The normalized spacial score (nSPS) is 10.6. The van der Waals surface area contributed by atoms with Crippen molar-refractivity contribution in [2.45, 2.75) is 19.6 Å². The van der Waals surface area contributed by atoms with Crippen LogP contribution in [0.15, 0.2) is 86.3 Å². The van der Waals surface area contributed by atoms with Crippen LogP contribution in [0.25, 0.3) is 0 Å². The molecule has 0 aliphatic carbocycles. The van der Waals surface area contributed by atoms with Gasteiger partial charge in [-0.2, -0.15) is 0 Å². The van der Waals surface area contributed by atoms with Crippen LogP contribution in [-0.2, 0) is 0 Å². The summed E-state index contributed by atoms with van der Waals surface area (Å²) in [7, 11) is 0. The van der Waals surface area contributed by atoms with E-state index in [9.17, 15) is 0 Å². The number of benzene rings is 3. The predicted molar refractivity (Wildman–Crippen MR) is 101 cm³/mol. The Hall–Kier alpha value is -2.24. The minimum absolute atomic E-state index is 0.744. The summed E-state index contributed by atoms with van der Waals surface area (Å²) in [5.41, 5.74) is 20.6. The van der Waals surface area contributed by atoms with E-state index in [-0.39, 0.29) is 0 Å². The summed E-state index contributed by atoms with van der Waals surface area (Å²) in [5.74, 6) is 0. The van der Waals surface area contributed by atoms with E-state index in [1.54, 1.807) is 23.5 Å². The molecule has 0 aromatic heterocycles. The van der Waals surface area contributed by atoms with Gasteiger partial charge < -0.3 is 17.2 Å². The van der Waals surface area contributed by atoms with Gasteiger partial charge in [-0.05, 0) is 36.4 Å². The summed E-state index contributed by atoms with van der Waals surface area (Å²) in [4.78, 5) is 3.98. The monoisotopic (exact) mass is 339 g/mol. The molecular formula is C18H17N3S2.